The molecular weight excluding hydrogens is 415 g/mol. The Labute approximate surface area is 182 Å². The molecule has 0 atom stereocenters. The van der Waals surface area contributed by atoms with Crippen LogP contribution in [0.3, 0.4) is 0 Å². The van der Waals surface area contributed by atoms with Gasteiger partial charge in [-0.25, -0.2) is 4.39 Å². The van der Waals surface area contributed by atoms with Crippen molar-refractivity contribution < 1.29 is 19.4 Å². The van der Waals surface area contributed by atoms with Crippen LogP contribution in [0.1, 0.15) is 28.1 Å². The number of aromatic nitrogens is 1. The molecule has 0 aliphatic rings. The lowest BCUT2D eigenvalue weighted by Gasteiger charge is -2.11. The standard InChI is InChI=1S/C24H21FN2O3S/c25-18-6-4-15(5-7-18)17-12-20(23(29)21(28)13-17)24(30)27-9-2-1-3-19-11-16-8-10-26-14-22(16)31-19/h4-8,10-14,28-29H,1-3,9H2,(H,27,30). The number of halogens is 1. The van der Waals surface area contributed by atoms with Crippen LogP contribution in [0.2, 0.25) is 0 Å². The zero-order chi connectivity index (χ0) is 21.8. The molecule has 158 valence electrons. The summed E-state index contributed by atoms with van der Waals surface area (Å²) >= 11 is 1.73. The molecular formula is C24H21FN2O3S. The minimum Gasteiger partial charge on any atom is -0.504 e. The number of hydrogen-bond acceptors (Lipinski definition) is 5. The van der Waals surface area contributed by atoms with E-state index in [1.165, 1.54) is 39.2 Å². The average molecular weight is 437 g/mol. The van der Waals surface area contributed by atoms with E-state index in [4.69, 9.17) is 0 Å². The molecule has 3 N–H and O–H groups in total. The van der Waals surface area contributed by atoms with Gasteiger partial charge in [0.15, 0.2) is 11.5 Å². The Morgan fingerprint density at radius 1 is 1.03 bits per heavy atom. The van der Waals surface area contributed by atoms with Gasteiger partial charge in [0.2, 0.25) is 0 Å². The maximum Gasteiger partial charge on any atom is 0.255 e. The lowest BCUT2D eigenvalue weighted by molar-refractivity contribution is 0.0949. The third-order valence-corrected chi connectivity index (χ3v) is 6.17. The number of rotatable bonds is 7. The van der Waals surface area contributed by atoms with Gasteiger partial charge in [0, 0.05) is 23.8 Å². The monoisotopic (exact) mass is 436 g/mol. The first-order chi connectivity index (χ1) is 15.0. The van der Waals surface area contributed by atoms with Crippen molar-refractivity contribution in [2.75, 3.05) is 6.54 Å². The summed E-state index contributed by atoms with van der Waals surface area (Å²) < 4.78 is 14.3. The molecule has 0 bridgehead atoms. The molecule has 7 heteroatoms. The Balaban J connectivity index is 1.35. The quantitative estimate of drug-likeness (QED) is 0.272. The molecule has 1 amide bonds. The maximum atomic E-state index is 13.2. The molecule has 0 unspecified atom stereocenters. The Bertz CT molecular complexity index is 1190. The predicted molar refractivity (Wildman–Crippen MR) is 120 cm³/mol. The van der Waals surface area contributed by atoms with Crippen molar-refractivity contribution in [3.63, 3.8) is 0 Å². The average Bonchev–Trinajstić information content (AvgIpc) is 3.18. The SMILES string of the molecule is O=C(NCCCCc1cc2ccncc2s1)c1cc(-c2ccc(F)cc2)cc(O)c1O. The maximum absolute atomic E-state index is 13.2. The predicted octanol–water partition coefficient (Wildman–Crippen LogP) is 5.27. The third kappa shape index (κ3) is 4.83. The van der Waals surface area contributed by atoms with Gasteiger partial charge in [0.25, 0.3) is 5.91 Å². The van der Waals surface area contributed by atoms with E-state index in [2.05, 4.69) is 16.4 Å². The molecule has 2 heterocycles. The van der Waals surface area contributed by atoms with Gasteiger partial charge in [0.05, 0.1) is 10.3 Å². The van der Waals surface area contributed by atoms with Crippen molar-refractivity contribution in [2.24, 2.45) is 0 Å². The summed E-state index contributed by atoms with van der Waals surface area (Å²) in [5.74, 6) is -1.71. The van der Waals surface area contributed by atoms with E-state index in [1.807, 2.05) is 12.3 Å². The smallest absolute Gasteiger partial charge is 0.255 e. The number of carbonyl (C=O) groups is 1. The second-order valence-electron chi connectivity index (χ2n) is 7.24. The summed E-state index contributed by atoms with van der Waals surface area (Å²) in [7, 11) is 0. The van der Waals surface area contributed by atoms with Crippen molar-refractivity contribution in [3.05, 3.63) is 77.2 Å². The highest BCUT2D eigenvalue weighted by Crippen LogP contribution is 2.34. The number of phenols is 2. The number of phenolic OH excluding ortho intramolecular Hbond substituents is 2. The Morgan fingerprint density at radius 2 is 1.84 bits per heavy atom. The largest absolute Gasteiger partial charge is 0.504 e. The topological polar surface area (TPSA) is 82.5 Å². The highest BCUT2D eigenvalue weighted by Gasteiger charge is 2.17. The fourth-order valence-corrected chi connectivity index (χ4v) is 4.46. The first kappa shape index (κ1) is 20.8. The number of unbranched alkanes of at least 4 members (excludes halogenated alkanes) is 1. The number of nitrogens with one attached hydrogen (secondary N) is 1. The van der Waals surface area contributed by atoms with E-state index in [0.717, 1.165) is 19.3 Å². The molecule has 2 aromatic heterocycles. The summed E-state index contributed by atoms with van der Waals surface area (Å²) in [4.78, 5) is 18.0. The van der Waals surface area contributed by atoms with Crippen LogP contribution in [0.15, 0.2) is 60.9 Å². The third-order valence-electron chi connectivity index (χ3n) is 5.02. The molecule has 0 fully saturated rings. The van der Waals surface area contributed by atoms with Gasteiger partial charge in [-0.1, -0.05) is 12.1 Å². The van der Waals surface area contributed by atoms with Crippen LogP contribution in [0.4, 0.5) is 4.39 Å². The summed E-state index contributed by atoms with van der Waals surface area (Å²) in [5, 5.41) is 24.1. The second-order valence-corrected chi connectivity index (χ2v) is 8.41. The molecule has 4 aromatic rings. The molecule has 0 aliphatic heterocycles. The minimum absolute atomic E-state index is 0.0173. The van der Waals surface area contributed by atoms with Gasteiger partial charge in [-0.2, -0.15) is 0 Å². The number of benzene rings is 2. The molecule has 0 radical (unpaired) electrons. The van der Waals surface area contributed by atoms with Crippen molar-refractivity contribution in [3.8, 4) is 22.6 Å². The number of amides is 1. The van der Waals surface area contributed by atoms with Gasteiger partial charge in [-0.15, -0.1) is 11.3 Å². The van der Waals surface area contributed by atoms with E-state index >= 15 is 0 Å². The zero-order valence-corrected chi connectivity index (χ0v) is 17.5. The Kier molecular flexibility index (Phi) is 6.13. The summed E-state index contributed by atoms with van der Waals surface area (Å²) in [6, 6.07) is 12.7. The van der Waals surface area contributed by atoms with E-state index in [1.54, 1.807) is 29.7 Å². The van der Waals surface area contributed by atoms with E-state index in [9.17, 15) is 19.4 Å². The Morgan fingerprint density at radius 3 is 2.61 bits per heavy atom. The van der Waals surface area contributed by atoms with Gasteiger partial charge in [-0.05, 0) is 72.2 Å². The Hall–Kier alpha value is -3.45. The number of carbonyl (C=O) groups excluding carboxylic acids is 1. The number of hydrogen-bond donors (Lipinski definition) is 3. The van der Waals surface area contributed by atoms with Crippen LogP contribution >= 0.6 is 11.3 Å². The van der Waals surface area contributed by atoms with Crippen LogP contribution in [-0.2, 0) is 6.42 Å². The van der Waals surface area contributed by atoms with Crippen LogP contribution in [0.5, 0.6) is 11.5 Å². The van der Waals surface area contributed by atoms with Crippen LogP contribution in [-0.4, -0.2) is 27.6 Å². The number of fused-ring (bicyclic) bond motifs is 1. The van der Waals surface area contributed by atoms with Gasteiger partial charge in [0.1, 0.15) is 5.82 Å². The summed E-state index contributed by atoms with van der Waals surface area (Å²) in [6.07, 6.45) is 6.26. The first-order valence-corrected chi connectivity index (χ1v) is 10.8. The number of nitrogens with zero attached hydrogens (tertiary/aromatic N) is 1. The van der Waals surface area contributed by atoms with Crippen molar-refractivity contribution >= 4 is 27.3 Å². The molecule has 4 rings (SSSR count). The lowest BCUT2D eigenvalue weighted by Crippen LogP contribution is -2.24. The summed E-state index contributed by atoms with van der Waals surface area (Å²) in [5.41, 5.74) is 1.13. The highest BCUT2D eigenvalue weighted by atomic mass is 32.1. The van der Waals surface area contributed by atoms with Crippen molar-refractivity contribution in [1.29, 1.82) is 0 Å². The van der Waals surface area contributed by atoms with Gasteiger partial charge >= 0.3 is 0 Å². The molecule has 5 nitrogen and oxygen atoms in total. The normalized spacial score (nSPS) is 11.0. The number of pyridine rings is 1. The van der Waals surface area contributed by atoms with Crippen molar-refractivity contribution in [2.45, 2.75) is 19.3 Å². The lowest BCUT2D eigenvalue weighted by atomic mass is 10.0. The van der Waals surface area contributed by atoms with Crippen molar-refractivity contribution in [1.82, 2.24) is 10.3 Å². The second kappa shape index (κ2) is 9.14. The molecule has 0 saturated heterocycles. The van der Waals surface area contributed by atoms with Crippen LogP contribution in [0, 0.1) is 5.82 Å². The molecule has 0 aliphatic carbocycles. The van der Waals surface area contributed by atoms with E-state index in [0.29, 0.717) is 17.7 Å². The molecule has 0 saturated carbocycles. The molecule has 31 heavy (non-hydrogen) atoms. The zero-order valence-electron chi connectivity index (χ0n) is 16.6. The summed E-state index contributed by atoms with van der Waals surface area (Å²) in [6.45, 7) is 0.451. The highest BCUT2D eigenvalue weighted by molar-refractivity contribution is 7.19. The van der Waals surface area contributed by atoms with E-state index in [-0.39, 0.29) is 11.4 Å². The van der Waals surface area contributed by atoms with E-state index < -0.39 is 17.4 Å². The fraction of sp³-hybridized carbons (Fsp3) is 0.167. The fourth-order valence-electron chi connectivity index (χ4n) is 3.39. The van der Waals surface area contributed by atoms with Gasteiger partial charge in [-0.3, -0.25) is 9.78 Å². The number of aryl methyl sites for hydroxylation is 1. The number of thiophene rings is 1. The van der Waals surface area contributed by atoms with Crippen LogP contribution in [0.25, 0.3) is 21.2 Å². The number of aromatic hydroxyl groups is 2. The molecule has 2 aromatic carbocycles. The minimum atomic E-state index is -0.470. The molecule has 0 spiro atoms. The van der Waals surface area contributed by atoms with Crippen LogP contribution < -0.4 is 5.32 Å². The van der Waals surface area contributed by atoms with Gasteiger partial charge < -0.3 is 15.5 Å². The first-order valence-electron chi connectivity index (χ1n) is 9.94.